The van der Waals surface area contributed by atoms with E-state index in [4.69, 9.17) is 0 Å². The molecule has 0 spiro atoms. The number of hydrogen-bond donors (Lipinski definition) is 1. The molecule has 1 aliphatic rings. The Kier molecular flexibility index (Phi) is 3.21. The average Bonchev–Trinajstić information content (AvgIpc) is 2.73. The maximum atomic E-state index is 11.3. The van der Waals surface area contributed by atoms with Gasteiger partial charge in [0.25, 0.3) is 0 Å². The van der Waals surface area contributed by atoms with Gasteiger partial charge in [0.15, 0.2) is 15.0 Å². The Morgan fingerprint density at radius 3 is 2.81 bits per heavy atom. The van der Waals surface area contributed by atoms with Gasteiger partial charge in [0.05, 0.1) is 17.2 Å². The molecule has 16 heavy (non-hydrogen) atoms. The lowest BCUT2D eigenvalue weighted by Crippen LogP contribution is -2.20. The molecule has 1 aromatic heterocycles. The Balaban J connectivity index is 2.00. The van der Waals surface area contributed by atoms with E-state index in [9.17, 15) is 8.42 Å². The molecule has 6 heteroatoms. The molecule has 0 amide bonds. The minimum atomic E-state index is -2.81. The first kappa shape index (κ1) is 11.9. The van der Waals surface area contributed by atoms with Crippen LogP contribution in [0.15, 0.2) is 5.38 Å². The van der Waals surface area contributed by atoms with E-state index in [0.717, 1.165) is 10.8 Å². The van der Waals surface area contributed by atoms with Crippen LogP contribution in [0.2, 0.25) is 0 Å². The van der Waals surface area contributed by atoms with Crippen molar-refractivity contribution in [1.82, 2.24) is 4.98 Å². The highest BCUT2D eigenvalue weighted by Gasteiger charge is 2.28. The Morgan fingerprint density at radius 2 is 2.31 bits per heavy atom. The molecule has 0 aliphatic carbocycles. The van der Waals surface area contributed by atoms with Crippen LogP contribution in [0, 0.1) is 0 Å². The molecule has 1 N–H and O–H groups in total. The molecule has 2 rings (SSSR count). The Hall–Kier alpha value is -0.620. The first-order valence-corrected chi connectivity index (χ1v) is 8.09. The second kappa shape index (κ2) is 4.33. The maximum absolute atomic E-state index is 11.3. The van der Waals surface area contributed by atoms with Crippen molar-refractivity contribution in [1.29, 1.82) is 0 Å². The summed E-state index contributed by atoms with van der Waals surface area (Å²) in [6.07, 6.45) is 0.693. The molecule has 4 nitrogen and oxygen atoms in total. The smallest absolute Gasteiger partial charge is 0.183 e. The van der Waals surface area contributed by atoms with Gasteiger partial charge >= 0.3 is 0 Å². The fraction of sp³-hybridized carbons (Fsp3) is 0.700. The van der Waals surface area contributed by atoms with Gasteiger partial charge in [-0.2, -0.15) is 0 Å². The van der Waals surface area contributed by atoms with Crippen molar-refractivity contribution in [2.45, 2.75) is 32.2 Å². The van der Waals surface area contributed by atoms with E-state index in [1.807, 2.05) is 5.38 Å². The number of anilines is 1. The van der Waals surface area contributed by atoms with E-state index in [2.05, 4.69) is 24.1 Å². The van der Waals surface area contributed by atoms with E-state index in [-0.39, 0.29) is 11.8 Å². The van der Waals surface area contributed by atoms with Crippen molar-refractivity contribution in [3.63, 3.8) is 0 Å². The Morgan fingerprint density at radius 1 is 1.56 bits per heavy atom. The second-order valence-electron chi connectivity index (χ2n) is 4.48. The molecule has 1 aliphatic heterocycles. The fourth-order valence-electron chi connectivity index (χ4n) is 1.70. The molecule has 1 unspecified atom stereocenters. The number of rotatable bonds is 3. The Bertz CT molecular complexity index is 465. The predicted molar refractivity (Wildman–Crippen MR) is 66.9 cm³/mol. The number of nitrogens with zero attached hydrogens (tertiary/aromatic N) is 1. The van der Waals surface area contributed by atoms with Gasteiger partial charge in [-0.25, -0.2) is 13.4 Å². The predicted octanol–water partition coefficient (Wildman–Crippen LogP) is 1.87. The minimum Gasteiger partial charge on any atom is -0.358 e. The summed E-state index contributed by atoms with van der Waals surface area (Å²) in [5.41, 5.74) is 1.06. The summed E-state index contributed by atoms with van der Waals surface area (Å²) in [7, 11) is -2.81. The van der Waals surface area contributed by atoms with Crippen molar-refractivity contribution in [3.8, 4) is 0 Å². The molecule has 2 heterocycles. The van der Waals surface area contributed by atoms with Crippen LogP contribution < -0.4 is 5.32 Å². The highest BCUT2D eigenvalue weighted by molar-refractivity contribution is 7.91. The van der Waals surface area contributed by atoms with Gasteiger partial charge < -0.3 is 5.32 Å². The van der Waals surface area contributed by atoms with Crippen LogP contribution in [0.1, 0.15) is 31.9 Å². The molecule has 0 saturated carbocycles. The summed E-state index contributed by atoms with van der Waals surface area (Å²) in [6.45, 7) is 4.19. The molecular weight excluding hydrogens is 244 g/mol. The van der Waals surface area contributed by atoms with E-state index in [1.54, 1.807) is 11.3 Å². The highest BCUT2D eigenvalue weighted by Crippen LogP contribution is 2.24. The van der Waals surface area contributed by atoms with Gasteiger partial charge in [-0.15, -0.1) is 11.3 Å². The second-order valence-corrected chi connectivity index (χ2v) is 7.56. The summed E-state index contributed by atoms with van der Waals surface area (Å²) in [5.74, 6) is 0.954. The molecule has 1 saturated heterocycles. The summed E-state index contributed by atoms with van der Waals surface area (Å²) in [4.78, 5) is 4.43. The van der Waals surface area contributed by atoms with Gasteiger partial charge in [0.2, 0.25) is 0 Å². The molecule has 90 valence electrons. The van der Waals surface area contributed by atoms with Gasteiger partial charge in [-0.1, -0.05) is 13.8 Å². The van der Waals surface area contributed by atoms with Crippen LogP contribution in [0.4, 0.5) is 5.13 Å². The zero-order chi connectivity index (χ0) is 11.8. The number of aromatic nitrogens is 1. The van der Waals surface area contributed by atoms with Crippen molar-refractivity contribution in [2.24, 2.45) is 0 Å². The zero-order valence-corrected chi connectivity index (χ0v) is 11.1. The lowest BCUT2D eigenvalue weighted by atomic mass is 10.2. The highest BCUT2D eigenvalue weighted by atomic mass is 32.2. The summed E-state index contributed by atoms with van der Waals surface area (Å²) in [6, 6.07) is 0.0381. The molecule has 1 atom stereocenters. The van der Waals surface area contributed by atoms with Crippen LogP contribution in [0.25, 0.3) is 0 Å². The van der Waals surface area contributed by atoms with Gasteiger partial charge in [0, 0.05) is 11.4 Å². The lowest BCUT2D eigenvalue weighted by Gasteiger charge is -2.08. The first-order chi connectivity index (χ1) is 7.46. The summed E-state index contributed by atoms with van der Waals surface area (Å²) in [5, 5.41) is 6.06. The van der Waals surface area contributed by atoms with Gasteiger partial charge in [-0.05, 0) is 12.3 Å². The lowest BCUT2D eigenvalue weighted by molar-refractivity contribution is 0.602. The van der Waals surface area contributed by atoms with E-state index in [0.29, 0.717) is 18.1 Å². The first-order valence-electron chi connectivity index (χ1n) is 5.38. The molecule has 1 fully saturated rings. The van der Waals surface area contributed by atoms with E-state index < -0.39 is 9.84 Å². The number of nitrogens with one attached hydrogen (secondary N) is 1. The van der Waals surface area contributed by atoms with E-state index in [1.165, 1.54) is 0 Å². The third-order valence-electron chi connectivity index (χ3n) is 2.67. The van der Waals surface area contributed by atoms with Crippen LogP contribution >= 0.6 is 11.3 Å². The maximum Gasteiger partial charge on any atom is 0.183 e. The van der Waals surface area contributed by atoms with Crippen LogP contribution in [-0.4, -0.2) is 30.9 Å². The number of thiazole rings is 1. The van der Waals surface area contributed by atoms with Crippen molar-refractivity contribution in [2.75, 3.05) is 16.8 Å². The number of hydrogen-bond acceptors (Lipinski definition) is 5. The SMILES string of the molecule is CC(C)c1csc(NC2CCS(=O)(=O)C2)n1. The van der Waals surface area contributed by atoms with Gasteiger partial charge in [0.1, 0.15) is 0 Å². The van der Waals surface area contributed by atoms with Crippen molar-refractivity contribution in [3.05, 3.63) is 11.1 Å². The third kappa shape index (κ3) is 2.74. The molecule has 1 aromatic rings. The fourth-order valence-corrected chi connectivity index (χ4v) is 4.32. The minimum absolute atomic E-state index is 0.0381. The van der Waals surface area contributed by atoms with E-state index >= 15 is 0 Å². The largest absolute Gasteiger partial charge is 0.358 e. The summed E-state index contributed by atoms with van der Waals surface area (Å²) < 4.78 is 22.6. The third-order valence-corrected chi connectivity index (χ3v) is 5.23. The number of sulfone groups is 1. The topological polar surface area (TPSA) is 59.1 Å². The molecule has 0 radical (unpaired) electrons. The zero-order valence-electron chi connectivity index (χ0n) is 9.43. The Labute approximate surface area is 100 Å². The summed E-state index contributed by atoms with van der Waals surface area (Å²) >= 11 is 1.55. The standard InChI is InChI=1S/C10H16N2O2S2/c1-7(2)9-5-15-10(12-9)11-8-3-4-16(13,14)6-8/h5,7-8H,3-4,6H2,1-2H3,(H,11,12). The normalized spacial score (nSPS) is 23.8. The van der Waals surface area contributed by atoms with Crippen LogP contribution in [0.3, 0.4) is 0 Å². The quantitative estimate of drug-likeness (QED) is 0.901. The van der Waals surface area contributed by atoms with Crippen LogP contribution in [-0.2, 0) is 9.84 Å². The molecule has 0 bridgehead atoms. The van der Waals surface area contributed by atoms with Crippen molar-refractivity contribution < 1.29 is 8.42 Å². The monoisotopic (exact) mass is 260 g/mol. The molecule has 0 aromatic carbocycles. The average molecular weight is 260 g/mol. The van der Waals surface area contributed by atoms with Crippen LogP contribution in [0.5, 0.6) is 0 Å². The van der Waals surface area contributed by atoms with Gasteiger partial charge in [-0.3, -0.25) is 0 Å². The molecular formula is C10H16N2O2S2. The van der Waals surface area contributed by atoms with Crippen molar-refractivity contribution >= 4 is 26.3 Å².